The molecule has 0 spiro atoms. The van der Waals surface area contributed by atoms with E-state index in [1.165, 1.54) is 90.3 Å². The van der Waals surface area contributed by atoms with E-state index in [0.717, 1.165) is 18.0 Å². The van der Waals surface area contributed by atoms with Gasteiger partial charge in [0, 0.05) is 12.1 Å². The summed E-state index contributed by atoms with van der Waals surface area (Å²) in [5.41, 5.74) is 0. The molecule has 19 heavy (non-hydrogen) atoms. The van der Waals surface area contributed by atoms with Crippen molar-refractivity contribution in [3.63, 3.8) is 0 Å². The van der Waals surface area contributed by atoms with Gasteiger partial charge in [-0.1, -0.05) is 32.1 Å². The van der Waals surface area contributed by atoms with Gasteiger partial charge in [-0.05, 0) is 64.1 Å². The summed E-state index contributed by atoms with van der Waals surface area (Å²) in [7, 11) is 0. The molecular weight excluding hydrogens is 232 g/mol. The zero-order chi connectivity index (χ0) is 12.9. The van der Waals surface area contributed by atoms with E-state index in [9.17, 15) is 0 Å². The third-order valence-electron chi connectivity index (χ3n) is 5.79. The minimum atomic E-state index is 0.842. The molecule has 0 aromatic heterocycles. The lowest BCUT2D eigenvalue weighted by Crippen LogP contribution is -2.37. The summed E-state index contributed by atoms with van der Waals surface area (Å²) >= 11 is 0. The van der Waals surface area contributed by atoms with E-state index in [0.29, 0.717) is 0 Å². The van der Waals surface area contributed by atoms with Gasteiger partial charge in [-0.15, -0.1) is 0 Å². The van der Waals surface area contributed by atoms with Gasteiger partial charge in [-0.3, -0.25) is 0 Å². The molecule has 0 aromatic rings. The van der Waals surface area contributed by atoms with Crippen LogP contribution in [-0.2, 0) is 0 Å². The van der Waals surface area contributed by atoms with Crippen LogP contribution < -0.4 is 5.32 Å². The lowest BCUT2D eigenvalue weighted by molar-refractivity contribution is 0.180. The molecule has 110 valence electrons. The molecule has 1 saturated heterocycles. The molecule has 2 saturated carbocycles. The van der Waals surface area contributed by atoms with Gasteiger partial charge in [0.1, 0.15) is 0 Å². The second-order valence-electron chi connectivity index (χ2n) is 7.08. The van der Waals surface area contributed by atoms with Crippen molar-refractivity contribution in [1.29, 1.82) is 0 Å². The van der Waals surface area contributed by atoms with Crippen molar-refractivity contribution < 1.29 is 0 Å². The van der Waals surface area contributed by atoms with Gasteiger partial charge in [0.2, 0.25) is 0 Å². The number of hydrogen-bond donors (Lipinski definition) is 1. The van der Waals surface area contributed by atoms with Gasteiger partial charge in [-0.2, -0.15) is 0 Å². The summed E-state index contributed by atoms with van der Waals surface area (Å²) in [6, 6.07) is 1.80. The van der Waals surface area contributed by atoms with Crippen molar-refractivity contribution >= 4 is 0 Å². The minimum Gasteiger partial charge on any atom is -0.314 e. The van der Waals surface area contributed by atoms with Crippen LogP contribution in [0, 0.1) is 5.92 Å². The van der Waals surface area contributed by atoms with Crippen molar-refractivity contribution in [2.24, 2.45) is 5.92 Å². The van der Waals surface area contributed by atoms with E-state index in [2.05, 4.69) is 10.2 Å². The predicted octanol–water partition coefficient (Wildman–Crippen LogP) is 3.56. The maximum Gasteiger partial charge on any atom is 0.0124 e. The Morgan fingerprint density at radius 1 is 0.842 bits per heavy atom. The average molecular weight is 264 g/mol. The second kappa shape index (κ2) is 7.08. The molecule has 0 bridgehead atoms. The Morgan fingerprint density at radius 3 is 2.53 bits per heavy atom. The number of likely N-dealkylation sites (tertiary alicyclic amines) is 1. The number of hydrogen-bond acceptors (Lipinski definition) is 2. The Balaban J connectivity index is 1.31. The third-order valence-corrected chi connectivity index (χ3v) is 5.79. The highest BCUT2D eigenvalue weighted by atomic mass is 15.2. The molecule has 2 heteroatoms. The fourth-order valence-electron chi connectivity index (χ4n) is 4.68. The van der Waals surface area contributed by atoms with Crippen LogP contribution in [0.25, 0.3) is 0 Å². The highest BCUT2D eigenvalue weighted by Gasteiger charge is 2.34. The summed E-state index contributed by atoms with van der Waals surface area (Å²) in [4.78, 5) is 2.81. The molecule has 3 fully saturated rings. The molecule has 0 amide bonds. The second-order valence-corrected chi connectivity index (χ2v) is 7.08. The number of nitrogens with one attached hydrogen (secondary N) is 1. The van der Waals surface area contributed by atoms with E-state index in [1.54, 1.807) is 0 Å². The summed E-state index contributed by atoms with van der Waals surface area (Å²) < 4.78 is 0. The molecule has 2 unspecified atom stereocenters. The number of nitrogens with zero attached hydrogens (tertiary/aromatic N) is 1. The van der Waals surface area contributed by atoms with Crippen molar-refractivity contribution in [3.8, 4) is 0 Å². The maximum atomic E-state index is 3.79. The van der Waals surface area contributed by atoms with Crippen LogP contribution in [0.4, 0.5) is 0 Å². The molecule has 2 aliphatic carbocycles. The van der Waals surface area contributed by atoms with Gasteiger partial charge < -0.3 is 10.2 Å². The van der Waals surface area contributed by atoms with Crippen LogP contribution in [0.3, 0.4) is 0 Å². The van der Waals surface area contributed by atoms with Crippen LogP contribution in [0.1, 0.15) is 70.6 Å². The fourth-order valence-corrected chi connectivity index (χ4v) is 4.68. The van der Waals surface area contributed by atoms with E-state index >= 15 is 0 Å². The molecule has 3 aliphatic rings. The third kappa shape index (κ3) is 3.72. The zero-order valence-corrected chi connectivity index (χ0v) is 12.6. The summed E-state index contributed by atoms with van der Waals surface area (Å²) in [6.45, 7) is 3.98. The van der Waals surface area contributed by atoms with Crippen LogP contribution in [-0.4, -0.2) is 36.6 Å². The van der Waals surface area contributed by atoms with Crippen LogP contribution >= 0.6 is 0 Å². The molecule has 1 N–H and O–H groups in total. The molecule has 2 atom stereocenters. The molecular formula is C17H32N2. The first-order valence-electron chi connectivity index (χ1n) is 8.91. The standard InChI is InChI=1S/C17H32N2/c1-2-8-16(9-3-1)18-12-6-13-19-14-11-15-7-4-5-10-17(15)19/h15-18H,1-14H2. The highest BCUT2D eigenvalue weighted by Crippen LogP contribution is 2.35. The number of rotatable bonds is 5. The molecule has 0 aromatic carbocycles. The quantitative estimate of drug-likeness (QED) is 0.764. The molecule has 2 nitrogen and oxygen atoms in total. The minimum absolute atomic E-state index is 0.842. The summed E-state index contributed by atoms with van der Waals surface area (Å²) in [5, 5.41) is 3.79. The van der Waals surface area contributed by atoms with Crippen LogP contribution in [0.15, 0.2) is 0 Å². The van der Waals surface area contributed by atoms with Crippen LogP contribution in [0.2, 0.25) is 0 Å². The predicted molar refractivity (Wildman–Crippen MR) is 81.4 cm³/mol. The Kier molecular flexibility index (Phi) is 5.17. The Labute approximate surface area is 119 Å². The molecule has 0 radical (unpaired) electrons. The zero-order valence-electron chi connectivity index (χ0n) is 12.6. The van der Waals surface area contributed by atoms with Crippen molar-refractivity contribution in [2.75, 3.05) is 19.6 Å². The average Bonchev–Trinajstić information content (AvgIpc) is 2.88. The first kappa shape index (κ1) is 13.9. The summed E-state index contributed by atoms with van der Waals surface area (Å²) in [6.07, 6.45) is 16.1. The smallest absolute Gasteiger partial charge is 0.0124 e. The van der Waals surface area contributed by atoms with Crippen LogP contribution in [0.5, 0.6) is 0 Å². The lowest BCUT2D eigenvalue weighted by Gasteiger charge is -2.32. The molecule has 3 rings (SSSR count). The monoisotopic (exact) mass is 264 g/mol. The highest BCUT2D eigenvalue weighted by molar-refractivity contribution is 4.89. The first-order valence-corrected chi connectivity index (χ1v) is 8.91. The van der Waals surface area contributed by atoms with Gasteiger partial charge in [0.15, 0.2) is 0 Å². The first-order chi connectivity index (χ1) is 9.43. The van der Waals surface area contributed by atoms with E-state index in [1.807, 2.05) is 0 Å². The van der Waals surface area contributed by atoms with Gasteiger partial charge in [-0.25, -0.2) is 0 Å². The van der Waals surface area contributed by atoms with Gasteiger partial charge >= 0.3 is 0 Å². The normalized spacial score (nSPS) is 33.5. The Hall–Kier alpha value is -0.0800. The topological polar surface area (TPSA) is 15.3 Å². The van der Waals surface area contributed by atoms with Gasteiger partial charge in [0.05, 0.1) is 0 Å². The Morgan fingerprint density at radius 2 is 1.63 bits per heavy atom. The van der Waals surface area contributed by atoms with Gasteiger partial charge in [0.25, 0.3) is 0 Å². The Bertz CT molecular complexity index is 260. The van der Waals surface area contributed by atoms with E-state index in [4.69, 9.17) is 0 Å². The SMILES string of the molecule is C1CCC(NCCCN2CCC3CCCCC32)CC1. The largest absolute Gasteiger partial charge is 0.314 e. The van der Waals surface area contributed by atoms with E-state index < -0.39 is 0 Å². The molecule has 1 aliphatic heterocycles. The van der Waals surface area contributed by atoms with Crippen molar-refractivity contribution in [2.45, 2.75) is 82.7 Å². The maximum absolute atomic E-state index is 3.79. The fraction of sp³-hybridized carbons (Fsp3) is 1.00. The molecule has 1 heterocycles. The lowest BCUT2D eigenvalue weighted by atomic mass is 9.85. The number of fused-ring (bicyclic) bond motifs is 1. The van der Waals surface area contributed by atoms with E-state index in [-0.39, 0.29) is 0 Å². The van der Waals surface area contributed by atoms with Crippen molar-refractivity contribution in [3.05, 3.63) is 0 Å². The van der Waals surface area contributed by atoms with Crippen molar-refractivity contribution in [1.82, 2.24) is 10.2 Å². The summed E-state index contributed by atoms with van der Waals surface area (Å²) in [5.74, 6) is 1.06.